The van der Waals surface area contributed by atoms with E-state index in [1.165, 1.54) is 6.20 Å². The number of aromatic nitrogens is 2. The predicted molar refractivity (Wildman–Crippen MR) is 76.3 cm³/mol. The number of nitrogens with zero attached hydrogens (tertiary/aromatic N) is 2. The number of anilines is 1. The molecule has 2 heterocycles. The largest absolute Gasteiger partial charge is 0.388 e. The van der Waals surface area contributed by atoms with Crippen molar-refractivity contribution < 1.29 is 14.9 Å². The zero-order valence-electron chi connectivity index (χ0n) is 12.0. The minimum absolute atomic E-state index is 0.0425. The first-order chi connectivity index (χ1) is 9.95. The highest BCUT2D eigenvalue weighted by molar-refractivity contribution is 5.48. The first-order valence-electron chi connectivity index (χ1n) is 6.84. The van der Waals surface area contributed by atoms with Crippen molar-refractivity contribution in [2.24, 2.45) is 0 Å². The van der Waals surface area contributed by atoms with Crippen molar-refractivity contribution in [3.8, 4) is 11.8 Å². The molecule has 1 aromatic rings. The van der Waals surface area contributed by atoms with Crippen LogP contribution in [0.3, 0.4) is 0 Å². The van der Waals surface area contributed by atoms with E-state index in [-0.39, 0.29) is 5.82 Å². The van der Waals surface area contributed by atoms with Gasteiger partial charge in [0.1, 0.15) is 18.0 Å². The molecule has 4 N–H and O–H groups in total. The zero-order valence-corrected chi connectivity index (χ0v) is 12.0. The molecule has 114 valence electrons. The Morgan fingerprint density at radius 3 is 2.76 bits per heavy atom. The molecule has 0 bridgehead atoms. The van der Waals surface area contributed by atoms with Crippen LogP contribution in [0.4, 0.5) is 5.82 Å². The summed E-state index contributed by atoms with van der Waals surface area (Å²) in [6.07, 6.45) is -0.822. The fourth-order valence-corrected chi connectivity index (χ4v) is 2.10. The molecule has 1 fully saturated rings. The third-order valence-electron chi connectivity index (χ3n) is 3.33. The lowest BCUT2D eigenvalue weighted by Crippen LogP contribution is -2.35. The fraction of sp³-hybridized carbons (Fsp3) is 0.571. The van der Waals surface area contributed by atoms with Crippen LogP contribution in [-0.2, 0) is 4.74 Å². The monoisotopic (exact) mass is 293 g/mol. The second-order valence-electron chi connectivity index (χ2n) is 4.99. The number of ether oxygens (including phenoxy) is 1. The van der Waals surface area contributed by atoms with Gasteiger partial charge >= 0.3 is 5.69 Å². The van der Waals surface area contributed by atoms with Crippen molar-refractivity contribution in [1.29, 1.82) is 0 Å². The molecular weight excluding hydrogens is 274 g/mol. The van der Waals surface area contributed by atoms with E-state index in [1.807, 2.05) is 6.92 Å². The van der Waals surface area contributed by atoms with E-state index in [2.05, 4.69) is 16.8 Å². The lowest BCUT2D eigenvalue weighted by Gasteiger charge is -2.17. The molecule has 0 aromatic carbocycles. The van der Waals surface area contributed by atoms with Crippen LogP contribution >= 0.6 is 0 Å². The SMILES string of the molecule is CCCC#Cc1cn([C@@H]2O[C@H](C)C(O)C2O)c(=O)nc1N. The van der Waals surface area contributed by atoms with Crippen LogP contribution in [0.15, 0.2) is 11.0 Å². The van der Waals surface area contributed by atoms with Crippen molar-refractivity contribution in [2.75, 3.05) is 5.73 Å². The van der Waals surface area contributed by atoms with E-state index in [0.717, 1.165) is 11.0 Å². The molecule has 1 aliphatic rings. The van der Waals surface area contributed by atoms with Crippen LogP contribution in [0.1, 0.15) is 38.5 Å². The number of hydrogen-bond donors (Lipinski definition) is 3. The van der Waals surface area contributed by atoms with Crippen molar-refractivity contribution >= 4 is 5.82 Å². The summed E-state index contributed by atoms with van der Waals surface area (Å²) in [4.78, 5) is 15.6. The van der Waals surface area contributed by atoms with Gasteiger partial charge in [0, 0.05) is 12.6 Å². The molecular formula is C14H19N3O4. The van der Waals surface area contributed by atoms with E-state index in [4.69, 9.17) is 10.5 Å². The Bertz CT molecular complexity index is 631. The van der Waals surface area contributed by atoms with E-state index in [0.29, 0.717) is 12.0 Å². The fourth-order valence-electron chi connectivity index (χ4n) is 2.10. The van der Waals surface area contributed by atoms with Crippen molar-refractivity contribution in [3.05, 3.63) is 22.2 Å². The van der Waals surface area contributed by atoms with Crippen LogP contribution in [0, 0.1) is 11.8 Å². The molecule has 4 atom stereocenters. The highest BCUT2D eigenvalue weighted by atomic mass is 16.6. The Hall–Kier alpha value is -1.88. The van der Waals surface area contributed by atoms with Gasteiger partial charge in [-0.15, -0.1) is 0 Å². The predicted octanol–water partition coefficient (Wildman–Crippen LogP) is -0.384. The first-order valence-corrected chi connectivity index (χ1v) is 6.84. The average Bonchev–Trinajstić information content (AvgIpc) is 2.69. The zero-order chi connectivity index (χ0) is 15.6. The molecule has 0 saturated carbocycles. The number of nitrogen functional groups attached to an aromatic ring is 1. The lowest BCUT2D eigenvalue weighted by atomic mass is 10.1. The van der Waals surface area contributed by atoms with Crippen molar-refractivity contribution in [1.82, 2.24) is 9.55 Å². The van der Waals surface area contributed by atoms with Gasteiger partial charge < -0.3 is 20.7 Å². The average molecular weight is 293 g/mol. The van der Waals surface area contributed by atoms with E-state index in [9.17, 15) is 15.0 Å². The normalized spacial score (nSPS) is 28.2. The minimum Gasteiger partial charge on any atom is -0.388 e. The molecule has 0 radical (unpaired) electrons. The minimum atomic E-state index is -1.21. The number of nitrogens with two attached hydrogens (primary N) is 1. The molecule has 2 rings (SSSR count). The molecule has 1 saturated heterocycles. The van der Waals surface area contributed by atoms with Gasteiger partial charge in [0.2, 0.25) is 0 Å². The smallest absolute Gasteiger partial charge is 0.351 e. The Morgan fingerprint density at radius 2 is 2.19 bits per heavy atom. The Labute approximate surface area is 122 Å². The standard InChI is InChI=1S/C14H19N3O4/c1-3-4-5-6-9-7-17(14(20)16-12(9)15)13-11(19)10(18)8(2)21-13/h7-8,10-11,13,18-19H,3-4H2,1-2H3,(H2,15,16,20)/t8-,10?,11?,13-/m1/s1. The topological polar surface area (TPSA) is 111 Å². The lowest BCUT2D eigenvalue weighted by molar-refractivity contribution is -0.0350. The van der Waals surface area contributed by atoms with Gasteiger partial charge in [-0.1, -0.05) is 18.8 Å². The quantitative estimate of drug-likeness (QED) is 0.641. The maximum Gasteiger partial charge on any atom is 0.351 e. The van der Waals surface area contributed by atoms with E-state index < -0.39 is 30.2 Å². The van der Waals surface area contributed by atoms with Gasteiger partial charge in [-0.2, -0.15) is 4.98 Å². The summed E-state index contributed by atoms with van der Waals surface area (Å²) in [6.45, 7) is 3.62. The highest BCUT2D eigenvalue weighted by Crippen LogP contribution is 2.28. The van der Waals surface area contributed by atoms with Gasteiger partial charge in [-0.3, -0.25) is 4.57 Å². The van der Waals surface area contributed by atoms with Crippen LogP contribution < -0.4 is 11.4 Å². The third-order valence-corrected chi connectivity index (χ3v) is 3.33. The number of rotatable bonds is 2. The van der Waals surface area contributed by atoms with Gasteiger partial charge in [-0.05, 0) is 13.3 Å². The molecule has 0 amide bonds. The maximum atomic E-state index is 11.9. The first kappa shape index (κ1) is 15.5. The molecule has 21 heavy (non-hydrogen) atoms. The molecule has 2 unspecified atom stereocenters. The Kier molecular flexibility index (Phi) is 4.63. The molecule has 7 nitrogen and oxygen atoms in total. The second-order valence-corrected chi connectivity index (χ2v) is 4.99. The molecule has 7 heteroatoms. The molecule has 1 aliphatic heterocycles. The summed E-state index contributed by atoms with van der Waals surface area (Å²) in [7, 11) is 0. The molecule has 0 spiro atoms. The maximum absolute atomic E-state index is 11.9. The van der Waals surface area contributed by atoms with E-state index >= 15 is 0 Å². The van der Waals surface area contributed by atoms with Gasteiger partial charge in [0.15, 0.2) is 6.23 Å². The van der Waals surface area contributed by atoms with E-state index in [1.54, 1.807) is 6.92 Å². The van der Waals surface area contributed by atoms with Gasteiger partial charge in [0.25, 0.3) is 0 Å². The number of hydrogen-bond acceptors (Lipinski definition) is 6. The second kappa shape index (κ2) is 6.26. The van der Waals surface area contributed by atoms with Gasteiger partial charge in [0.05, 0.1) is 11.7 Å². The number of aliphatic hydroxyl groups is 2. The summed E-state index contributed by atoms with van der Waals surface area (Å²) >= 11 is 0. The summed E-state index contributed by atoms with van der Waals surface area (Å²) in [5.41, 5.74) is 5.42. The Balaban J connectivity index is 2.39. The number of aliphatic hydroxyl groups excluding tert-OH is 2. The third kappa shape index (κ3) is 3.08. The van der Waals surface area contributed by atoms with Crippen molar-refractivity contribution in [3.63, 3.8) is 0 Å². The van der Waals surface area contributed by atoms with Crippen molar-refractivity contribution in [2.45, 2.75) is 51.2 Å². The molecule has 0 aliphatic carbocycles. The van der Waals surface area contributed by atoms with Crippen LogP contribution in [0.5, 0.6) is 0 Å². The Morgan fingerprint density at radius 1 is 1.48 bits per heavy atom. The number of unbranched alkanes of at least 4 members (excludes halogenated alkanes) is 1. The van der Waals surface area contributed by atoms with Crippen LogP contribution in [0.25, 0.3) is 0 Å². The summed E-state index contributed by atoms with van der Waals surface area (Å²) in [5.74, 6) is 5.81. The summed E-state index contributed by atoms with van der Waals surface area (Å²) < 4.78 is 6.52. The summed E-state index contributed by atoms with van der Waals surface area (Å²) in [5, 5.41) is 19.7. The summed E-state index contributed by atoms with van der Waals surface area (Å²) in [6, 6.07) is 0. The van der Waals surface area contributed by atoms with Crippen LogP contribution in [-0.4, -0.2) is 38.1 Å². The van der Waals surface area contributed by atoms with Crippen LogP contribution in [0.2, 0.25) is 0 Å². The van der Waals surface area contributed by atoms with Gasteiger partial charge in [-0.25, -0.2) is 4.79 Å². The molecule has 1 aromatic heterocycles. The highest BCUT2D eigenvalue weighted by Gasteiger charge is 2.41.